The molecule has 1 heterocycles. The number of anilines is 2. The molecule has 0 aliphatic carbocycles. The molecule has 8 nitrogen and oxygen atoms in total. The van der Waals surface area contributed by atoms with Crippen LogP contribution in [-0.2, 0) is 15.1 Å². The molecule has 0 aliphatic heterocycles. The highest BCUT2D eigenvalue weighted by Gasteiger charge is 2.22. The lowest BCUT2D eigenvalue weighted by Crippen LogP contribution is -2.25. The van der Waals surface area contributed by atoms with Crippen molar-refractivity contribution in [2.75, 3.05) is 4.31 Å². The van der Waals surface area contributed by atoms with E-state index in [1.807, 2.05) is 6.07 Å². The van der Waals surface area contributed by atoms with Gasteiger partial charge in [0.05, 0.1) is 23.1 Å². The van der Waals surface area contributed by atoms with Crippen LogP contribution in [0.3, 0.4) is 0 Å². The number of pyridine rings is 1. The number of aromatic nitrogens is 1. The summed E-state index contributed by atoms with van der Waals surface area (Å²) in [5.74, 6) is -0.731. The van der Waals surface area contributed by atoms with Crippen LogP contribution in [0.15, 0.2) is 66.9 Å². The van der Waals surface area contributed by atoms with Crippen molar-refractivity contribution in [2.45, 2.75) is 0 Å². The lowest BCUT2D eigenvalue weighted by Gasteiger charge is -2.21. The van der Waals surface area contributed by atoms with Crippen LogP contribution in [-0.4, -0.2) is 29.1 Å². The molecule has 0 saturated heterocycles. The molecule has 9 heteroatoms. The summed E-state index contributed by atoms with van der Waals surface area (Å²) in [5, 5.41) is 9.23. The first-order chi connectivity index (χ1) is 12.9. The van der Waals surface area contributed by atoms with E-state index in [0.717, 1.165) is 10.4 Å². The molecule has 1 amide bonds. The Morgan fingerprint density at radius 2 is 1.85 bits per heavy atom. The van der Waals surface area contributed by atoms with Crippen LogP contribution in [0.5, 0.6) is 0 Å². The molecule has 0 spiro atoms. The van der Waals surface area contributed by atoms with Crippen molar-refractivity contribution in [2.24, 2.45) is 0 Å². The molecule has 3 rings (SSSR count). The number of rotatable bonds is 5. The van der Waals surface area contributed by atoms with Crippen LogP contribution >= 0.6 is 0 Å². The number of hydrogen-bond donors (Lipinski definition) is 3. The molecular weight excluding hydrogens is 370 g/mol. The fourth-order valence-electron chi connectivity index (χ4n) is 2.55. The van der Waals surface area contributed by atoms with E-state index < -0.39 is 16.2 Å². The molecule has 0 saturated carbocycles. The zero-order valence-corrected chi connectivity index (χ0v) is 14.7. The number of carbonyl (C=O) groups excluding carboxylic acids is 1. The minimum atomic E-state index is -4.64. The van der Waals surface area contributed by atoms with Crippen LogP contribution in [0.1, 0.15) is 5.56 Å². The number of hydroxylamine groups is 1. The SMILES string of the molecule is O=C(/C=C/c1cccc(N(c2cnc3ccccc3c2)S(=O)(=O)O)c1)NO. The standard InChI is InChI=1S/C18H15N3O5S/c22-18(20-23)9-8-13-4-3-6-15(10-13)21(27(24,25)26)16-11-14-5-1-2-7-17(14)19-12-16/h1-12,23H,(H,20,22)(H,24,25,26)/b9-8+. The molecule has 1 aromatic heterocycles. The second-order valence-electron chi connectivity index (χ2n) is 5.53. The highest BCUT2D eigenvalue weighted by molar-refractivity contribution is 7.87. The minimum absolute atomic E-state index is 0.154. The third-order valence-electron chi connectivity index (χ3n) is 3.68. The highest BCUT2D eigenvalue weighted by Crippen LogP contribution is 2.30. The van der Waals surface area contributed by atoms with Gasteiger partial charge in [0.25, 0.3) is 5.91 Å². The first-order valence-electron chi connectivity index (χ1n) is 7.73. The molecule has 2 aromatic carbocycles. The van der Waals surface area contributed by atoms with Crippen molar-refractivity contribution in [3.8, 4) is 0 Å². The number of nitrogens with zero attached hydrogens (tertiary/aromatic N) is 2. The van der Waals surface area contributed by atoms with Gasteiger partial charge in [-0.3, -0.25) is 19.5 Å². The Morgan fingerprint density at radius 3 is 2.59 bits per heavy atom. The highest BCUT2D eigenvalue weighted by atomic mass is 32.2. The van der Waals surface area contributed by atoms with Crippen LogP contribution in [0.2, 0.25) is 0 Å². The van der Waals surface area contributed by atoms with Crippen molar-refractivity contribution >= 4 is 44.6 Å². The maximum Gasteiger partial charge on any atom is 0.364 e. The van der Waals surface area contributed by atoms with Gasteiger partial charge in [-0.2, -0.15) is 8.42 Å². The Labute approximate surface area is 155 Å². The van der Waals surface area contributed by atoms with E-state index in [9.17, 15) is 17.8 Å². The zero-order valence-electron chi connectivity index (χ0n) is 13.9. The van der Waals surface area contributed by atoms with Crippen LogP contribution in [0.25, 0.3) is 17.0 Å². The summed E-state index contributed by atoms with van der Waals surface area (Å²) in [4.78, 5) is 15.3. The van der Waals surface area contributed by atoms with E-state index in [4.69, 9.17) is 5.21 Å². The summed E-state index contributed by atoms with van der Waals surface area (Å²) in [6.45, 7) is 0. The van der Waals surface area contributed by atoms with Crippen molar-refractivity contribution < 1.29 is 23.0 Å². The van der Waals surface area contributed by atoms with Crippen LogP contribution in [0.4, 0.5) is 11.4 Å². The Balaban J connectivity index is 2.08. The number of para-hydroxylation sites is 1. The van der Waals surface area contributed by atoms with Gasteiger partial charge >= 0.3 is 10.3 Å². The second kappa shape index (κ2) is 7.54. The number of carbonyl (C=O) groups is 1. The normalized spacial score (nSPS) is 11.6. The molecule has 3 N–H and O–H groups in total. The van der Waals surface area contributed by atoms with Gasteiger partial charge in [-0.1, -0.05) is 30.3 Å². The number of fused-ring (bicyclic) bond motifs is 1. The van der Waals surface area contributed by atoms with E-state index in [0.29, 0.717) is 16.5 Å². The first kappa shape index (κ1) is 18.5. The Hall–Kier alpha value is -3.27. The lowest BCUT2D eigenvalue weighted by molar-refractivity contribution is -0.124. The van der Waals surface area contributed by atoms with Crippen molar-refractivity contribution in [3.05, 3.63) is 72.4 Å². The van der Waals surface area contributed by atoms with E-state index in [1.54, 1.807) is 36.4 Å². The average molecular weight is 385 g/mol. The lowest BCUT2D eigenvalue weighted by atomic mass is 10.1. The van der Waals surface area contributed by atoms with E-state index in [-0.39, 0.29) is 11.4 Å². The number of amides is 1. The predicted molar refractivity (Wildman–Crippen MR) is 101 cm³/mol. The van der Waals surface area contributed by atoms with Gasteiger partial charge < -0.3 is 0 Å². The molecule has 0 aliphatic rings. The predicted octanol–water partition coefficient (Wildman–Crippen LogP) is 2.69. The van der Waals surface area contributed by atoms with E-state index in [1.165, 1.54) is 29.9 Å². The largest absolute Gasteiger partial charge is 0.364 e. The van der Waals surface area contributed by atoms with Gasteiger partial charge in [-0.05, 0) is 35.9 Å². The Kier molecular flexibility index (Phi) is 5.17. The number of nitrogens with one attached hydrogen (secondary N) is 1. The molecule has 0 unspecified atom stereocenters. The fourth-order valence-corrected chi connectivity index (χ4v) is 3.30. The third-order valence-corrected chi connectivity index (χ3v) is 4.57. The van der Waals surface area contributed by atoms with Gasteiger partial charge in [-0.25, -0.2) is 9.79 Å². The minimum Gasteiger partial charge on any atom is -0.288 e. The monoisotopic (exact) mass is 385 g/mol. The second-order valence-corrected chi connectivity index (χ2v) is 6.79. The van der Waals surface area contributed by atoms with Gasteiger partial charge in [-0.15, -0.1) is 0 Å². The molecule has 138 valence electrons. The van der Waals surface area contributed by atoms with Crippen LogP contribution < -0.4 is 9.79 Å². The maximum absolute atomic E-state index is 12.0. The topological polar surface area (TPSA) is 120 Å². The smallest absolute Gasteiger partial charge is 0.288 e. The average Bonchev–Trinajstić information content (AvgIpc) is 2.65. The van der Waals surface area contributed by atoms with Crippen molar-refractivity contribution in [1.82, 2.24) is 10.5 Å². The molecule has 0 radical (unpaired) electrons. The zero-order chi connectivity index (χ0) is 19.4. The molecule has 0 atom stereocenters. The quantitative estimate of drug-likeness (QED) is 0.269. The molecule has 0 bridgehead atoms. The number of benzene rings is 2. The summed E-state index contributed by atoms with van der Waals surface area (Å²) < 4.78 is 34.6. The number of hydrogen-bond acceptors (Lipinski definition) is 5. The van der Waals surface area contributed by atoms with E-state index >= 15 is 0 Å². The van der Waals surface area contributed by atoms with Gasteiger partial charge in [0.15, 0.2) is 0 Å². The molecular formula is C18H15N3O5S. The maximum atomic E-state index is 12.0. The Morgan fingerprint density at radius 1 is 1.07 bits per heavy atom. The molecule has 0 fully saturated rings. The molecule has 3 aromatic rings. The van der Waals surface area contributed by atoms with Gasteiger partial charge in [0, 0.05) is 11.5 Å². The van der Waals surface area contributed by atoms with Crippen molar-refractivity contribution in [3.63, 3.8) is 0 Å². The van der Waals surface area contributed by atoms with E-state index in [2.05, 4.69) is 4.98 Å². The third kappa shape index (κ3) is 4.29. The summed E-state index contributed by atoms with van der Waals surface area (Å²) in [6, 6.07) is 14.9. The van der Waals surface area contributed by atoms with Gasteiger partial charge in [0.1, 0.15) is 0 Å². The van der Waals surface area contributed by atoms with Gasteiger partial charge in [0.2, 0.25) is 0 Å². The van der Waals surface area contributed by atoms with Crippen molar-refractivity contribution in [1.29, 1.82) is 0 Å². The Bertz CT molecular complexity index is 1130. The summed E-state index contributed by atoms with van der Waals surface area (Å²) in [5.41, 5.74) is 2.94. The summed E-state index contributed by atoms with van der Waals surface area (Å²) >= 11 is 0. The first-order valence-corrected chi connectivity index (χ1v) is 9.13. The summed E-state index contributed by atoms with van der Waals surface area (Å²) in [7, 11) is -4.64. The fraction of sp³-hybridized carbons (Fsp3) is 0. The van der Waals surface area contributed by atoms with Crippen LogP contribution in [0, 0.1) is 0 Å². The molecule has 27 heavy (non-hydrogen) atoms. The summed E-state index contributed by atoms with van der Waals surface area (Å²) in [6.07, 6.45) is 3.81.